The number of hydroxylamine groups is 2. The normalized spacial score (nSPS) is 18.1. The lowest BCUT2D eigenvalue weighted by molar-refractivity contribution is -0.212. The summed E-state index contributed by atoms with van der Waals surface area (Å²) in [5.74, 6) is 0.393. The Bertz CT molecular complexity index is 940. The van der Waals surface area contributed by atoms with Crippen molar-refractivity contribution < 1.29 is 9.63 Å². The van der Waals surface area contributed by atoms with Crippen molar-refractivity contribution in [2.24, 2.45) is 5.41 Å². The van der Waals surface area contributed by atoms with Crippen LogP contribution in [0.2, 0.25) is 5.28 Å². The molecule has 2 heterocycles. The fraction of sp³-hybridized carbons (Fsp3) is 0.474. The monoisotopic (exact) mass is 465 g/mol. The SMILES string of the molecule is CC(C)(C)C(=O)ON1CCN(c2nc(Cl)nc3ccc(Br)cc23)C[C@@H]1CC#N. The van der Waals surface area contributed by atoms with Gasteiger partial charge < -0.3 is 9.74 Å². The number of carbonyl (C=O) groups is 1. The minimum Gasteiger partial charge on any atom is -0.367 e. The maximum Gasteiger partial charge on any atom is 0.330 e. The van der Waals surface area contributed by atoms with E-state index in [0.717, 1.165) is 15.4 Å². The van der Waals surface area contributed by atoms with Crippen LogP contribution in [0, 0.1) is 16.7 Å². The summed E-state index contributed by atoms with van der Waals surface area (Å²) >= 11 is 9.62. The van der Waals surface area contributed by atoms with E-state index >= 15 is 0 Å². The van der Waals surface area contributed by atoms with E-state index in [2.05, 4.69) is 36.9 Å². The molecule has 7 nitrogen and oxygen atoms in total. The molecule has 0 bridgehead atoms. The number of rotatable bonds is 3. The highest BCUT2D eigenvalue weighted by atomic mass is 79.9. The van der Waals surface area contributed by atoms with Gasteiger partial charge in [0.2, 0.25) is 5.28 Å². The van der Waals surface area contributed by atoms with Crippen LogP contribution in [0.4, 0.5) is 5.82 Å². The number of nitriles is 1. The highest BCUT2D eigenvalue weighted by molar-refractivity contribution is 9.10. The van der Waals surface area contributed by atoms with Crippen LogP contribution >= 0.6 is 27.5 Å². The van der Waals surface area contributed by atoms with Crippen LogP contribution in [0.15, 0.2) is 22.7 Å². The van der Waals surface area contributed by atoms with Crippen LogP contribution in [-0.4, -0.2) is 46.7 Å². The molecule has 9 heteroatoms. The van der Waals surface area contributed by atoms with Crippen molar-refractivity contribution in [1.29, 1.82) is 5.26 Å². The molecular formula is C19H21BrClN5O2. The summed E-state index contributed by atoms with van der Waals surface area (Å²) in [6.45, 7) is 6.94. The molecule has 1 aliphatic rings. The molecule has 2 aromatic rings. The third-order valence-corrected chi connectivity index (χ3v) is 5.14. The fourth-order valence-electron chi connectivity index (χ4n) is 2.96. The number of fused-ring (bicyclic) bond motifs is 1. The number of halogens is 2. The van der Waals surface area contributed by atoms with Crippen LogP contribution < -0.4 is 4.90 Å². The summed E-state index contributed by atoms with van der Waals surface area (Å²) < 4.78 is 0.915. The van der Waals surface area contributed by atoms with Gasteiger partial charge in [-0.3, -0.25) is 0 Å². The minimum atomic E-state index is -0.614. The molecule has 1 aromatic heterocycles. The Hall–Kier alpha value is -1.95. The van der Waals surface area contributed by atoms with Crippen molar-refractivity contribution in [3.05, 3.63) is 28.0 Å². The minimum absolute atomic E-state index is 0.170. The number of anilines is 1. The van der Waals surface area contributed by atoms with E-state index < -0.39 is 5.41 Å². The van der Waals surface area contributed by atoms with Gasteiger partial charge in [-0.15, -0.1) is 5.06 Å². The highest BCUT2D eigenvalue weighted by Gasteiger charge is 2.34. The van der Waals surface area contributed by atoms with E-state index in [4.69, 9.17) is 16.4 Å². The van der Waals surface area contributed by atoms with Crippen molar-refractivity contribution in [1.82, 2.24) is 15.0 Å². The number of hydrogen-bond acceptors (Lipinski definition) is 7. The van der Waals surface area contributed by atoms with E-state index in [1.807, 2.05) is 18.2 Å². The molecule has 1 saturated heterocycles. The predicted molar refractivity (Wildman–Crippen MR) is 111 cm³/mol. The Morgan fingerprint density at radius 3 is 2.82 bits per heavy atom. The zero-order valence-electron chi connectivity index (χ0n) is 15.9. The molecule has 0 radical (unpaired) electrons. The first kappa shape index (κ1) is 20.8. The number of hydrogen-bond donors (Lipinski definition) is 0. The van der Waals surface area contributed by atoms with Crippen LogP contribution in [0.1, 0.15) is 27.2 Å². The highest BCUT2D eigenvalue weighted by Crippen LogP contribution is 2.30. The van der Waals surface area contributed by atoms with E-state index in [1.54, 1.807) is 25.8 Å². The molecule has 1 atom stereocenters. The topological polar surface area (TPSA) is 82.3 Å². The molecule has 1 fully saturated rings. The summed E-state index contributed by atoms with van der Waals surface area (Å²) in [7, 11) is 0. The number of piperazine rings is 1. The van der Waals surface area contributed by atoms with Crippen LogP contribution in [0.3, 0.4) is 0 Å². The smallest absolute Gasteiger partial charge is 0.330 e. The maximum atomic E-state index is 12.3. The molecule has 0 aliphatic carbocycles. The summed E-state index contributed by atoms with van der Waals surface area (Å²) in [6.07, 6.45) is 0.231. The number of aromatic nitrogens is 2. The van der Waals surface area contributed by atoms with Crippen molar-refractivity contribution in [2.75, 3.05) is 24.5 Å². The number of nitrogens with zero attached hydrogens (tertiary/aromatic N) is 5. The largest absolute Gasteiger partial charge is 0.367 e. The van der Waals surface area contributed by atoms with Gasteiger partial charge in [0.15, 0.2) is 0 Å². The summed E-state index contributed by atoms with van der Waals surface area (Å²) in [6, 6.07) is 7.65. The average Bonchev–Trinajstić information content (AvgIpc) is 2.62. The molecular weight excluding hydrogens is 446 g/mol. The van der Waals surface area contributed by atoms with Crippen molar-refractivity contribution in [3.63, 3.8) is 0 Å². The predicted octanol–water partition coefficient (Wildman–Crippen LogP) is 3.95. The third-order valence-electron chi connectivity index (χ3n) is 4.48. The second kappa shape index (κ2) is 8.19. The van der Waals surface area contributed by atoms with Gasteiger partial charge in [0.1, 0.15) is 5.82 Å². The van der Waals surface area contributed by atoms with Crippen LogP contribution in [0.5, 0.6) is 0 Å². The Morgan fingerprint density at radius 1 is 1.39 bits per heavy atom. The lowest BCUT2D eigenvalue weighted by atomic mass is 9.98. The molecule has 148 valence electrons. The van der Waals surface area contributed by atoms with Crippen molar-refractivity contribution in [3.8, 4) is 6.07 Å². The molecule has 0 saturated carbocycles. The van der Waals surface area contributed by atoms with Gasteiger partial charge in [-0.2, -0.15) is 10.2 Å². The summed E-state index contributed by atoms with van der Waals surface area (Å²) in [4.78, 5) is 28.7. The van der Waals surface area contributed by atoms with Crippen LogP contribution in [-0.2, 0) is 9.63 Å². The van der Waals surface area contributed by atoms with E-state index in [1.165, 1.54) is 0 Å². The zero-order valence-corrected chi connectivity index (χ0v) is 18.3. The molecule has 0 spiro atoms. The Labute approximate surface area is 177 Å². The maximum absolute atomic E-state index is 12.3. The van der Waals surface area contributed by atoms with Gasteiger partial charge in [-0.05, 0) is 50.6 Å². The Balaban J connectivity index is 1.88. The summed E-state index contributed by atoms with van der Waals surface area (Å²) in [5, 5.41) is 11.9. The molecule has 0 amide bonds. The molecule has 1 aliphatic heterocycles. The Morgan fingerprint density at radius 2 is 2.14 bits per heavy atom. The van der Waals surface area contributed by atoms with E-state index in [0.29, 0.717) is 25.5 Å². The first-order chi connectivity index (χ1) is 13.2. The summed E-state index contributed by atoms with van der Waals surface area (Å²) in [5.41, 5.74) is 0.133. The zero-order chi connectivity index (χ0) is 20.5. The Kier molecular flexibility index (Phi) is 6.08. The molecule has 0 unspecified atom stereocenters. The van der Waals surface area contributed by atoms with Gasteiger partial charge in [-0.1, -0.05) is 15.9 Å². The lowest BCUT2D eigenvalue weighted by Gasteiger charge is -2.40. The van der Waals surface area contributed by atoms with E-state index in [9.17, 15) is 10.1 Å². The van der Waals surface area contributed by atoms with Crippen molar-refractivity contribution in [2.45, 2.75) is 33.2 Å². The average molecular weight is 467 g/mol. The molecule has 28 heavy (non-hydrogen) atoms. The van der Waals surface area contributed by atoms with Gasteiger partial charge in [0, 0.05) is 22.9 Å². The first-order valence-corrected chi connectivity index (χ1v) is 10.1. The lowest BCUT2D eigenvalue weighted by Crippen LogP contribution is -2.54. The first-order valence-electron chi connectivity index (χ1n) is 8.93. The van der Waals surface area contributed by atoms with Crippen molar-refractivity contribution >= 4 is 50.2 Å². The van der Waals surface area contributed by atoms with Gasteiger partial charge >= 0.3 is 5.97 Å². The molecule has 0 N–H and O–H groups in total. The van der Waals surface area contributed by atoms with Gasteiger partial charge in [-0.25, -0.2) is 9.78 Å². The fourth-order valence-corrected chi connectivity index (χ4v) is 3.50. The third kappa shape index (κ3) is 4.54. The second-order valence-corrected chi connectivity index (χ2v) is 8.96. The quantitative estimate of drug-likeness (QED) is 0.633. The molecule has 1 aromatic carbocycles. The number of carbonyl (C=O) groups excluding carboxylic acids is 1. The standard InChI is InChI=1S/C19H21BrClN5O2/c1-19(2,3)17(27)28-26-9-8-25(11-13(26)6-7-22)16-14-10-12(20)4-5-15(14)23-18(21)24-16/h4-5,10,13H,6,8-9,11H2,1-3H3/t13-/m0/s1. The van der Waals surface area contributed by atoms with E-state index in [-0.39, 0.29) is 23.7 Å². The molecule has 3 rings (SSSR count). The number of benzene rings is 1. The van der Waals surface area contributed by atoms with Gasteiger partial charge in [0.25, 0.3) is 0 Å². The second-order valence-electron chi connectivity index (χ2n) is 7.71. The van der Waals surface area contributed by atoms with Gasteiger partial charge in [0.05, 0.1) is 36.0 Å². The van der Waals surface area contributed by atoms with Crippen LogP contribution in [0.25, 0.3) is 10.9 Å².